The maximum atomic E-state index is 2.50. The zero-order valence-electron chi connectivity index (χ0n) is 34.8. The molecule has 2 aromatic heterocycles. The Bertz CT molecular complexity index is 4060. The summed E-state index contributed by atoms with van der Waals surface area (Å²) in [5.74, 6) is 0. The molecule has 0 nitrogen and oxygen atoms in total. The van der Waals surface area contributed by atoms with Crippen LogP contribution in [-0.4, -0.2) is 0 Å². The van der Waals surface area contributed by atoms with Crippen molar-refractivity contribution in [2.45, 2.75) is 19.3 Å². The summed E-state index contributed by atoms with van der Waals surface area (Å²) < 4.78 is 5.42. The number of rotatable bonds is 3. The van der Waals surface area contributed by atoms with Crippen LogP contribution in [0.1, 0.15) is 25.0 Å². The molecule has 0 atom stereocenters. The van der Waals surface area contributed by atoms with E-state index in [0.717, 1.165) is 0 Å². The van der Waals surface area contributed by atoms with E-state index in [-0.39, 0.29) is 5.41 Å². The highest BCUT2D eigenvalue weighted by molar-refractivity contribution is 7.27. The van der Waals surface area contributed by atoms with E-state index in [4.69, 9.17) is 0 Å². The molecule has 0 spiro atoms. The predicted octanol–water partition coefficient (Wildman–Crippen LogP) is 18.3. The minimum absolute atomic E-state index is 0.182. The zero-order chi connectivity index (χ0) is 41.6. The van der Waals surface area contributed by atoms with Crippen LogP contribution in [0.15, 0.2) is 194 Å². The molecule has 0 saturated heterocycles. The highest BCUT2D eigenvalue weighted by Gasteiger charge is 2.36. The van der Waals surface area contributed by atoms with Gasteiger partial charge in [-0.3, -0.25) is 0 Å². The first-order valence-electron chi connectivity index (χ1n) is 21.9. The molecule has 0 radical (unpaired) electrons. The normalized spacial score (nSPS) is 13.4. The average Bonchev–Trinajstić information content (AvgIpc) is 3.96. The van der Waals surface area contributed by atoms with E-state index in [0.29, 0.717) is 0 Å². The first-order valence-corrected chi connectivity index (χ1v) is 23.5. The van der Waals surface area contributed by atoms with Crippen molar-refractivity contribution in [3.05, 3.63) is 205 Å². The molecule has 11 aromatic carbocycles. The first kappa shape index (κ1) is 35.5. The molecule has 14 rings (SSSR count). The SMILES string of the molecule is CC1(C)c2cc(-c3ccc4sc5cc6ccc7c8ccccc8sc7c6cc5c4c3)ccc2-c2ccc(-c3c4ccccc4c(-c4cccc5ccccc45)c4ccccc34)cc21. The molecule has 0 unspecified atom stereocenters. The van der Waals surface area contributed by atoms with Gasteiger partial charge in [-0.15, -0.1) is 22.7 Å². The van der Waals surface area contributed by atoms with E-state index in [2.05, 4.69) is 208 Å². The van der Waals surface area contributed by atoms with Crippen LogP contribution < -0.4 is 0 Å². The van der Waals surface area contributed by atoms with Gasteiger partial charge in [0.1, 0.15) is 0 Å². The van der Waals surface area contributed by atoms with Crippen LogP contribution in [0.4, 0.5) is 0 Å². The minimum Gasteiger partial charge on any atom is -0.135 e. The Morgan fingerprint density at radius 1 is 0.302 bits per heavy atom. The quantitative estimate of drug-likeness (QED) is 0.156. The van der Waals surface area contributed by atoms with E-state index < -0.39 is 0 Å². The lowest BCUT2D eigenvalue weighted by atomic mass is 9.80. The minimum atomic E-state index is -0.182. The van der Waals surface area contributed by atoms with Crippen LogP contribution in [0.25, 0.3) is 128 Å². The smallest absolute Gasteiger partial charge is 0.0434 e. The molecule has 1 aliphatic rings. The molecule has 63 heavy (non-hydrogen) atoms. The van der Waals surface area contributed by atoms with Crippen LogP contribution in [0.5, 0.6) is 0 Å². The number of hydrogen-bond acceptors (Lipinski definition) is 2. The second-order valence-corrected chi connectivity index (χ2v) is 20.1. The average molecular weight is 835 g/mol. The highest BCUT2D eigenvalue weighted by atomic mass is 32.1. The van der Waals surface area contributed by atoms with Crippen molar-refractivity contribution in [1.82, 2.24) is 0 Å². The van der Waals surface area contributed by atoms with Crippen molar-refractivity contribution in [1.29, 1.82) is 0 Å². The van der Waals surface area contributed by atoms with Crippen LogP contribution in [0.3, 0.4) is 0 Å². The van der Waals surface area contributed by atoms with Gasteiger partial charge in [0, 0.05) is 51.1 Å². The molecule has 0 saturated carbocycles. The Kier molecular flexibility index (Phi) is 7.31. The third-order valence-corrected chi connectivity index (χ3v) is 16.6. The van der Waals surface area contributed by atoms with Gasteiger partial charge in [0.05, 0.1) is 0 Å². The van der Waals surface area contributed by atoms with Crippen LogP contribution in [0.2, 0.25) is 0 Å². The van der Waals surface area contributed by atoms with Gasteiger partial charge in [-0.2, -0.15) is 0 Å². The third-order valence-electron chi connectivity index (χ3n) is 14.2. The van der Waals surface area contributed by atoms with Crippen LogP contribution in [0, 0.1) is 0 Å². The fraction of sp³-hybridized carbons (Fsp3) is 0.0492. The molecule has 0 aliphatic heterocycles. The largest absolute Gasteiger partial charge is 0.135 e. The van der Waals surface area contributed by atoms with Crippen molar-refractivity contribution in [2.75, 3.05) is 0 Å². The Labute approximate surface area is 372 Å². The monoisotopic (exact) mass is 834 g/mol. The summed E-state index contributed by atoms with van der Waals surface area (Å²) in [5.41, 5.74) is 13.0. The van der Waals surface area contributed by atoms with E-state index >= 15 is 0 Å². The maximum Gasteiger partial charge on any atom is 0.0434 e. The number of hydrogen-bond donors (Lipinski definition) is 0. The lowest BCUT2D eigenvalue weighted by Gasteiger charge is -2.23. The molecule has 2 heteroatoms. The van der Waals surface area contributed by atoms with Crippen molar-refractivity contribution in [2.24, 2.45) is 0 Å². The fourth-order valence-electron chi connectivity index (χ4n) is 11.2. The molecule has 0 amide bonds. The summed E-state index contributed by atoms with van der Waals surface area (Å²) in [4.78, 5) is 0. The Morgan fingerprint density at radius 3 is 1.63 bits per heavy atom. The van der Waals surface area contributed by atoms with Gasteiger partial charge in [-0.25, -0.2) is 0 Å². The maximum absolute atomic E-state index is 2.50. The number of benzene rings is 11. The lowest BCUT2D eigenvalue weighted by molar-refractivity contribution is 0.661. The van der Waals surface area contributed by atoms with Gasteiger partial charge in [0.2, 0.25) is 0 Å². The summed E-state index contributed by atoms with van der Waals surface area (Å²) in [6.45, 7) is 4.83. The van der Waals surface area contributed by atoms with E-state index in [9.17, 15) is 0 Å². The molecule has 13 aromatic rings. The van der Waals surface area contributed by atoms with E-state index in [1.54, 1.807) is 0 Å². The predicted molar refractivity (Wildman–Crippen MR) is 276 cm³/mol. The summed E-state index contributed by atoms with van der Waals surface area (Å²) in [5, 5.41) is 15.7. The number of thiophene rings is 2. The number of fused-ring (bicyclic) bond motifs is 14. The third kappa shape index (κ3) is 5.02. The van der Waals surface area contributed by atoms with E-state index in [1.165, 1.54) is 139 Å². The Hall–Kier alpha value is -7.10. The Balaban J connectivity index is 0.894. The van der Waals surface area contributed by atoms with Crippen molar-refractivity contribution >= 4 is 106 Å². The van der Waals surface area contributed by atoms with Gasteiger partial charge in [-0.05, 0) is 136 Å². The van der Waals surface area contributed by atoms with Crippen LogP contribution >= 0.6 is 22.7 Å². The summed E-state index contributed by atoms with van der Waals surface area (Å²) in [7, 11) is 0. The van der Waals surface area contributed by atoms with Gasteiger partial charge < -0.3 is 0 Å². The lowest BCUT2D eigenvalue weighted by Crippen LogP contribution is -2.15. The molecule has 1 aliphatic carbocycles. The summed E-state index contributed by atoms with van der Waals surface area (Å²) >= 11 is 3.82. The molecule has 0 bridgehead atoms. The van der Waals surface area contributed by atoms with Crippen molar-refractivity contribution < 1.29 is 0 Å². The topological polar surface area (TPSA) is 0 Å². The van der Waals surface area contributed by atoms with Gasteiger partial charge in [0.15, 0.2) is 0 Å². The molecule has 2 heterocycles. The summed E-state index contributed by atoms with van der Waals surface area (Å²) in [6, 6.07) is 73.5. The fourth-order valence-corrected chi connectivity index (χ4v) is 13.5. The second-order valence-electron chi connectivity index (χ2n) is 17.9. The highest BCUT2D eigenvalue weighted by Crippen LogP contribution is 2.53. The van der Waals surface area contributed by atoms with Crippen molar-refractivity contribution in [3.8, 4) is 44.5 Å². The van der Waals surface area contributed by atoms with Gasteiger partial charge >= 0.3 is 0 Å². The first-order chi connectivity index (χ1) is 31.0. The van der Waals surface area contributed by atoms with Gasteiger partial charge in [0.25, 0.3) is 0 Å². The molecular weight excluding hydrogens is 797 g/mol. The standard InChI is InChI=1S/C61H38S2/c1-61(2)53-31-37(36-25-29-56-51(30-36)52-34-50-38(33-57(52)62-56)23-28-49-43-15-9-10-21-55(43)63-60(49)50)22-26-41(53)42-27-24-39(32-54(42)61)58-45-16-5-7-18-47(45)59(48-19-8-6-17-46(48)58)44-20-11-13-35-12-3-4-14-40(35)44/h3-34H,1-2H3. The molecular formula is C61H38S2. The Morgan fingerprint density at radius 2 is 0.873 bits per heavy atom. The van der Waals surface area contributed by atoms with Gasteiger partial charge in [-0.1, -0.05) is 166 Å². The van der Waals surface area contributed by atoms with Crippen molar-refractivity contribution in [3.63, 3.8) is 0 Å². The van der Waals surface area contributed by atoms with Crippen LogP contribution in [-0.2, 0) is 5.41 Å². The molecule has 0 fully saturated rings. The summed E-state index contributed by atoms with van der Waals surface area (Å²) in [6.07, 6.45) is 0. The molecule has 294 valence electrons. The molecule has 0 N–H and O–H groups in total. The van der Waals surface area contributed by atoms with E-state index in [1.807, 2.05) is 22.7 Å². The second kappa shape index (κ2) is 13.0. The zero-order valence-corrected chi connectivity index (χ0v) is 36.4.